The lowest BCUT2D eigenvalue weighted by Gasteiger charge is -2.26. The average Bonchev–Trinajstić information content (AvgIpc) is 2.34. The molecule has 1 heterocycles. The van der Waals surface area contributed by atoms with E-state index in [0.29, 0.717) is 6.42 Å². The molecule has 17 heavy (non-hydrogen) atoms. The van der Waals surface area contributed by atoms with Crippen LogP contribution < -0.4 is 10.2 Å². The average molecular weight is 234 g/mol. The molecule has 0 aliphatic carbocycles. The van der Waals surface area contributed by atoms with Gasteiger partial charge in [0.05, 0.1) is 0 Å². The van der Waals surface area contributed by atoms with Gasteiger partial charge in [0, 0.05) is 38.0 Å². The molecular formula is C13H18N2O2. The van der Waals surface area contributed by atoms with Crippen molar-refractivity contribution in [3.05, 3.63) is 23.8 Å². The van der Waals surface area contributed by atoms with Crippen LogP contribution in [-0.2, 0) is 11.2 Å². The summed E-state index contributed by atoms with van der Waals surface area (Å²) in [6.07, 6.45) is 2.15. The van der Waals surface area contributed by atoms with E-state index in [1.165, 1.54) is 5.56 Å². The van der Waals surface area contributed by atoms with Crippen molar-refractivity contribution in [2.45, 2.75) is 19.3 Å². The highest BCUT2D eigenvalue weighted by molar-refractivity contribution is 5.96. The van der Waals surface area contributed by atoms with Gasteiger partial charge in [0.1, 0.15) is 0 Å². The Morgan fingerprint density at radius 3 is 3.00 bits per heavy atom. The molecule has 0 saturated carbocycles. The van der Waals surface area contributed by atoms with Crippen LogP contribution in [0.1, 0.15) is 18.4 Å². The van der Waals surface area contributed by atoms with E-state index in [0.717, 1.165) is 30.8 Å². The number of fused-ring (bicyclic) bond motifs is 1. The minimum absolute atomic E-state index is 0.179. The first kappa shape index (κ1) is 11.9. The fourth-order valence-electron chi connectivity index (χ4n) is 2.08. The van der Waals surface area contributed by atoms with Crippen LogP contribution in [-0.4, -0.2) is 31.2 Å². The lowest BCUT2D eigenvalue weighted by atomic mass is 10.0. The number of benzene rings is 1. The predicted octanol–water partition coefficient (Wildman–Crippen LogP) is 1.39. The van der Waals surface area contributed by atoms with Gasteiger partial charge < -0.3 is 15.3 Å². The number of aryl methyl sites for hydroxylation is 1. The lowest BCUT2D eigenvalue weighted by molar-refractivity contribution is -0.118. The molecule has 0 aromatic heterocycles. The van der Waals surface area contributed by atoms with Gasteiger partial charge >= 0.3 is 0 Å². The summed E-state index contributed by atoms with van der Waals surface area (Å²) in [6.45, 7) is 0.971. The van der Waals surface area contributed by atoms with Gasteiger partial charge in [-0.25, -0.2) is 0 Å². The molecule has 0 spiro atoms. The van der Waals surface area contributed by atoms with Gasteiger partial charge in [-0.1, -0.05) is 0 Å². The number of anilines is 2. The molecule has 2 N–H and O–H groups in total. The number of carbonyl (C=O) groups excluding carboxylic acids is 1. The third-order valence-electron chi connectivity index (χ3n) is 3.09. The first-order chi connectivity index (χ1) is 8.22. The van der Waals surface area contributed by atoms with E-state index in [1.54, 1.807) is 4.90 Å². The van der Waals surface area contributed by atoms with E-state index < -0.39 is 0 Å². The van der Waals surface area contributed by atoms with Crippen molar-refractivity contribution in [1.29, 1.82) is 0 Å². The van der Waals surface area contributed by atoms with Crippen molar-refractivity contribution >= 4 is 17.3 Å². The Hall–Kier alpha value is -1.55. The number of hydrogen-bond donors (Lipinski definition) is 2. The van der Waals surface area contributed by atoms with Crippen molar-refractivity contribution in [2.24, 2.45) is 0 Å². The number of nitrogens with one attached hydrogen (secondary N) is 1. The maximum absolute atomic E-state index is 11.5. The maximum Gasteiger partial charge on any atom is 0.227 e. The van der Waals surface area contributed by atoms with E-state index in [4.69, 9.17) is 5.11 Å². The number of amides is 1. The highest BCUT2D eigenvalue weighted by Crippen LogP contribution is 2.29. The second kappa shape index (κ2) is 5.19. The van der Waals surface area contributed by atoms with Gasteiger partial charge in [0.25, 0.3) is 0 Å². The molecule has 2 rings (SSSR count). The Morgan fingerprint density at radius 2 is 2.24 bits per heavy atom. The molecule has 0 radical (unpaired) electrons. The fraction of sp³-hybridized carbons (Fsp3) is 0.462. The molecule has 0 saturated heterocycles. The first-order valence-electron chi connectivity index (χ1n) is 5.96. The van der Waals surface area contributed by atoms with Crippen LogP contribution in [0.15, 0.2) is 18.2 Å². The summed E-state index contributed by atoms with van der Waals surface area (Å²) < 4.78 is 0. The molecule has 92 valence electrons. The minimum atomic E-state index is 0.179. The Balaban J connectivity index is 2.12. The third-order valence-corrected chi connectivity index (χ3v) is 3.09. The van der Waals surface area contributed by atoms with E-state index in [1.807, 2.05) is 19.2 Å². The summed E-state index contributed by atoms with van der Waals surface area (Å²) in [5, 5.41) is 12.0. The zero-order valence-electron chi connectivity index (χ0n) is 10.1. The molecule has 4 nitrogen and oxygen atoms in total. The van der Waals surface area contributed by atoms with Gasteiger partial charge in [0.15, 0.2) is 0 Å². The van der Waals surface area contributed by atoms with Crippen LogP contribution in [0.5, 0.6) is 0 Å². The van der Waals surface area contributed by atoms with Gasteiger partial charge in [-0.05, 0) is 36.6 Å². The van der Waals surface area contributed by atoms with Gasteiger partial charge in [-0.2, -0.15) is 0 Å². The SMILES string of the molecule is CN1C(=O)CCc2cc(NCCCO)ccc21. The maximum atomic E-state index is 11.5. The number of aliphatic hydroxyl groups is 1. The van der Waals surface area contributed by atoms with Crippen LogP contribution in [0.25, 0.3) is 0 Å². The molecule has 1 aromatic rings. The quantitative estimate of drug-likeness (QED) is 0.774. The van der Waals surface area contributed by atoms with Gasteiger partial charge in [-0.15, -0.1) is 0 Å². The topological polar surface area (TPSA) is 52.6 Å². The largest absolute Gasteiger partial charge is 0.396 e. The number of nitrogens with zero attached hydrogens (tertiary/aromatic N) is 1. The van der Waals surface area contributed by atoms with Gasteiger partial charge in [-0.3, -0.25) is 4.79 Å². The number of hydrogen-bond acceptors (Lipinski definition) is 3. The Morgan fingerprint density at radius 1 is 1.41 bits per heavy atom. The van der Waals surface area contributed by atoms with Crippen LogP contribution in [0.2, 0.25) is 0 Å². The van der Waals surface area contributed by atoms with Crippen molar-refractivity contribution in [3.63, 3.8) is 0 Å². The zero-order chi connectivity index (χ0) is 12.3. The van der Waals surface area contributed by atoms with Crippen LogP contribution in [0.3, 0.4) is 0 Å². The van der Waals surface area contributed by atoms with Crippen molar-refractivity contribution in [2.75, 3.05) is 30.4 Å². The zero-order valence-corrected chi connectivity index (χ0v) is 10.1. The van der Waals surface area contributed by atoms with E-state index in [-0.39, 0.29) is 12.5 Å². The van der Waals surface area contributed by atoms with E-state index in [2.05, 4.69) is 11.4 Å². The summed E-state index contributed by atoms with van der Waals surface area (Å²) in [5.74, 6) is 0.179. The summed E-state index contributed by atoms with van der Waals surface area (Å²) in [6, 6.07) is 6.05. The predicted molar refractivity (Wildman–Crippen MR) is 68.4 cm³/mol. The monoisotopic (exact) mass is 234 g/mol. The summed E-state index contributed by atoms with van der Waals surface area (Å²) in [7, 11) is 1.82. The lowest BCUT2D eigenvalue weighted by Crippen LogP contribution is -2.31. The summed E-state index contributed by atoms with van der Waals surface area (Å²) in [5.41, 5.74) is 3.27. The molecule has 1 aliphatic heterocycles. The molecule has 1 aromatic carbocycles. The Labute approximate surface area is 101 Å². The summed E-state index contributed by atoms with van der Waals surface area (Å²) >= 11 is 0. The molecule has 0 bridgehead atoms. The second-order valence-corrected chi connectivity index (χ2v) is 4.30. The molecule has 1 aliphatic rings. The van der Waals surface area contributed by atoms with Crippen LogP contribution in [0.4, 0.5) is 11.4 Å². The van der Waals surface area contributed by atoms with Crippen molar-refractivity contribution in [3.8, 4) is 0 Å². The van der Waals surface area contributed by atoms with Crippen molar-refractivity contribution in [1.82, 2.24) is 0 Å². The van der Waals surface area contributed by atoms with E-state index >= 15 is 0 Å². The standard InChI is InChI=1S/C13H18N2O2/c1-15-12-5-4-11(14-7-2-8-16)9-10(12)3-6-13(15)17/h4-5,9,14,16H,2-3,6-8H2,1H3. The van der Waals surface area contributed by atoms with Gasteiger partial charge in [0.2, 0.25) is 5.91 Å². The van der Waals surface area contributed by atoms with Crippen LogP contribution >= 0.6 is 0 Å². The van der Waals surface area contributed by atoms with E-state index in [9.17, 15) is 4.79 Å². The second-order valence-electron chi connectivity index (χ2n) is 4.30. The molecule has 1 amide bonds. The van der Waals surface area contributed by atoms with Crippen molar-refractivity contribution < 1.29 is 9.90 Å². The number of aliphatic hydroxyl groups excluding tert-OH is 1. The highest BCUT2D eigenvalue weighted by Gasteiger charge is 2.20. The Kier molecular flexibility index (Phi) is 3.64. The third kappa shape index (κ3) is 2.58. The molecule has 0 fully saturated rings. The minimum Gasteiger partial charge on any atom is -0.396 e. The number of carbonyl (C=O) groups is 1. The normalized spacial score (nSPS) is 14.7. The first-order valence-corrected chi connectivity index (χ1v) is 5.96. The Bertz CT molecular complexity index is 418. The smallest absolute Gasteiger partial charge is 0.227 e. The molecule has 0 atom stereocenters. The van der Waals surface area contributed by atoms with Crippen LogP contribution in [0, 0.1) is 0 Å². The molecule has 0 unspecified atom stereocenters. The summed E-state index contributed by atoms with van der Waals surface area (Å²) in [4.78, 5) is 13.3. The molecular weight excluding hydrogens is 216 g/mol. The molecule has 4 heteroatoms. The fourth-order valence-corrected chi connectivity index (χ4v) is 2.08. The number of rotatable bonds is 4. The highest BCUT2D eigenvalue weighted by atomic mass is 16.3.